The Bertz CT molecular complexity index is 655. The lowest BCUT2D eigenvalue weighted by Crippen LogP contribution is -2.32. The van der Waals surface area contributed by atoms with Crippen molar-refractivity contribution >= 4 is 11.6 Å². The Kier molecular flexibility index (Phi) is 3.39. The van der Waals surface area contributed by atoms with Crippen LogP contribution in [0.15, 0.2) is 39.9 Å². The second-order valence-electron chi connectivity index (χ2n) is 4.35. The van der Waals surface area contributed by atoms with Crippen molar-refractivity contribution in [2.45, 2.75) is 19.8 Å². The summed E-state index contributed by atoms with van der Waals surface area (Å²) in [5.41, 5.74) is 0.635. The summed E-state index contributed by atoms with van der Waals surface area (Å²) in [5, 5.41) is 0.0428. The van der Waals surface area contributed by atoms with E-state index in [9.17, 15) is 9.59 Å². The van der Waals surface area contributed by atoms with Crippen LogP contribution in [0.25, 0.3) is 5.69 Å². The third kappa shape index (κ3) is 2.38. The summed E-state index contributed by atoms with van der Waals surface area (Å²) in [6.07, 6.45) is 0. The second-order valence-corrected chi connectivity index (χ2v) is 4.75. The highest BCUT2D eigenvalue weighted by Crippen LogP contribution is 2.16. The second kappa shape index (κ2) is 4.82. The van der Waals surface area contributed by atoms with E-state index in [-0.39, 0.29) is 5.15 Å². The summed E-state index contributed by atoms with van der Waals surface area (Å²) in [7, 11) is 0. The molecule has 5 heteroatoms. The molecule has 4 nitrogen and oxygen atoms in total. The smallest absolute Gasteiger partial charge is 0.297 e. The van der Waals surface area contributed by atoms with Crippen LogP contribution in [0, 0.1) is 0 Å². The van der Waals surface area contributed by atoms with Crippen molar-refractivity contribution in [2.24, 2.45) is 0 Å². The highest BCUT2D eigenvalue weighted by molar-refractivity contribution is 6.29. The number of hydrogen-bond donors (Lipinski definition) is 1. The average Bonchev–Trinajstić information content (AvgIpc) is 2.28. The molecule has 0 unspecified atom stereocenters. The molecule has 1 N–H and O–H groups in total. The van der Waals surface area contributed by atoms with Gasteiger partial charge in [-0.3, -0.25) is 9.78 Å². The molecule has 0 aliphatic rings. The van der Waals surface area contributed by atoms with Gasteiger partial charge in [-0.05, 0) is 23.6 Å². The summed E-state index contributed by atoms with van der Waals surface area (Å²) in [6, 6.07) is 8.52. The molecule has 0 radical (unpaired) electrons. The molecule has 94 valence electrons. The molecule has 0 fully saturated rings. The van der Waals surface area contributed by atoms with Gasteiger partial charge in [0, 0.05) is 6.07 Å². The first-order chi connectivity index (χ1) is 8.49. The van der Waals surface area contributed by atoms with E-state index in [4.69, 9.17) is 11.6 Å². The lowest BCUT2D eigenvalue weighted by atomic mass is 10.0. The van der Waals surface area contributed by atoms with Crippen molar-refractivity contribution < 1.29 is 0 Å². The van der Waals surface area contributed by atoms with Crippen molar-refractivity contribution in [2.75, 3.05) is 0 Å². The van der Waals surface area contributed by atoms with Gasteiger partial charge in [0.2, 0.25) is 0 Å². The van der Waals surface area contributed by atoms with Crippen LogP contribution >= 0.6 is 11.6 Å². The highest BCUT2D eigenvalue weighted by atomic mass is 35.5. The standard InChI is InChI=1S/C13H13ClN2O2/c1-8(2)9-4-3-5-10(6-9)16-12(17)7-11(14)15-13(16)18/h3-8H,1-2H3,(H,15,18). The molecule has 0 bridgehead atoms. The van der Waals surface area contributed by atoms with E-state index in [0.29, 0.717) is 11.6 Å². The van der Waals surface area contributed by atoms with Crippen LogP contribution in [0.1, 0.15) is 25.3 Å². The molecular weight excluding hydrogens is 252 g/mol. The van der Waals surface area contributed by atoms with Gasteiger partial charge in [0.1, 0.15) is 5.15 Å². The van der Waals surface area contributed by atoms with Gasteiger partial charge in [-0.25, -0.2) is 9.36 Å². The Balaban J connectivity index is 2.66. The first kappa shape index (κ1) is 12.6. The minimum atomic E-state index is -0.534. The van der Waals surface area contributed by atoms with Gasteiger partial charge < -0.3 is 0 Å². The van der Waals surface area contributed by atoms with Crippen molar-refractivity contribution in [3.63, 3.8) is 0 Å². The van der Waals surface area contributed by atoms with Gasteiger partial charge in [0.15, 0.2) is 0 Å². The minimum absolute atomic E-state index is 0.0428. The largest absolute Gasteiger partial charge is 0.334 e. The number of halogens is 1. The Morgan fingerprint density at radius 2 is 1.94 bits per heavy atom. The summed E-state index contributed by atoms with van der Waals surface area (Å²) in [6.45, 7) is 4.10. The van der Waals surface area contributed by atoms with Crippen LogP contribution in [-0.2, 0) is 0 Å². The number of hydrogen-bond acceptors (Lipinski definition) is 2. The lowest BCUT2D eigenvalue weighted by molar-refractivity contribution is 0.845. The van der Waals surface area contributed by atoms with E-state index < -0.39 is 11.2 Å². The monoisotopic (exact) mass is 264 g/mol. The molecule has 1 aromatic heterocycles. The number of nitrogens with zero attached hydrogens (tertiary/aromatic N) is 1. The van der Waals surface area contributed by atoms with Crippen molar-refractivity contribution in [3.8, 4) is 5.69 Å². The van der Waals surface area contributed by atoms with Gasteiger partial charge in [-0.2, -0.15) is 0 Å². The Morgan fingerprint density at radius 3 is 2.56 bits per heavy atom. The maximum Gasteiger partial charge on any atom is 0.334 e. The summed E-state index contributed by atoms with van der Waals surface area (Å²) in [5.74, 6) is 0.326. The SMILES string of the molecule is CC(C)c1cccc(-n2c(=O)cc(Cl)[nH]c2=O)c1. The first-order valence-corrected chi connectivity index (χ1v) is 5.99. The van der Waals surface area contributed by atoms with Crippen molar-refractivity contribution in [1.29, 1.82) is 0 Å². The first-order valence-electron chi connectivity index (χ1n) is 5.61. The third-order valence-electron chi connectivity index (χ3n) is 2.70. The molecule has 0 spiro atoms. The van der Waals surface area contributed by atoms with Crippen LogP contribution < -0.4 is 11.2 Å². The predicted octanol–water partition coefficient (Wildman–Crippen LogP) is 2.30. The Hall–Kier alpha value is -1.81. The molecule has 0 atom stereocenters. The van der Waals surface area contributed by atoms with Gasteiger partial charge in [0.05, 0.1) is 5.69 Å². The molecule has 2 rings (SSSR count). The maximum atomic E-state index is 11.8. The van der Waals surface area contributed by atoms with Crippen molar-refractivity contribution in [1.82, 2.24) is 9.55 Å². The normalized spacial score (nSPS) is 10.9. The van der Waals surface area contributed by atoms with Gasteiger partial charge in [0.25, 0.3) is 5.56 Å². The fraction of sp³-hybridized carbons (Fsp3) is 0.231. The topological polar surface area (TPSA) is 54.9 Å². The molecule has 0 amide bonds. The van der Waals surface area contributed by atoms with Crippen LogP contribution in [0.4, 0.5) is 0 Å². The van der Waals surface area contributed by atoms with E-state index in [1.807, 2.05) is 32.0 Å². The quantitative estimate of drug-likeness (QED) is 0.846. The number of aromatic nitrogens is 2. The number of rotatable bonds is 2. The van der Waals surface area contributed by atoms with E-state index in [1.165, 1.54) is 6.07 Å². The fourth-order valence-corrected chi connectivity index (χ4v) is 1.91. The molecule has 0 aliphatic carbocycles. The van der Waals surface area contributed by atoms with E-state index in [2.05, 4.69) is 4.98 Å². The predicted molar refractivity (Wildman–Crippen MR) is 71.8 cm³/mol. The van der Waals surface area contributed by atoms with E-state index in [0.717, 1.165) is 10.1 Å². The molecule has 2 aromatic rings. The van der Waals surface area contributed by atoms with Gasteiger partial charge in [-0.15, -0.1) is 0 Å². The fourth-order valence-electron chi connectivity index (χ4n) is 1.73. The molecule has 18 heavy (non-hydrogen) atoms. The Morgan fingerprint density at radius 1 is 1.22 bits per heavy atom. The lowest BCUT2D eigenvalue weighted by Gasteiger charge is -2.09. The Labute approximate surface area is 109 Å². The molecule has 0 aliphatic heterocycles. The van der Waals surface area contributed by atoms with Crippen LogP contribution in [-0.4, -0.2) is 9.55 Å². The van der Waals surface area contributed by atoms with E-state index in [1.54, 1.807) is 6.07 Å². The molecule has 1 aromatic carbocycles. The maximum absolute atomic E-state index is 11.8. The highest BCUT2D eigenvalue weighted by Gasteiger charge is 2.07. The zero-order valence-electron chi connectivity index (χ0n) is 10.1. The summed E-state index contributed by atoms with van der Waals surface area (Å²) < 4.78 is 1.07. The number of nitrogens with one attached hydrogen (secondary N) is 1. The van der Waals surface area contributed by atoms with Crippen LogP contribution in [0.2, 0.25) is 5.15 Å². The number of aromatic amines is 1. The van der Waals surface area contributed by atoms with Gasteiger partial charge in [-0.1, -0.05) is 37.6 Å². The van der Waals surface area contributed by atoms with Crippen LogP contribution in [0.3, 0.4) is 0 Å². The average molecular weight is 265 g/mol. The molecular formula is C13H13ClN2O2. The third-order valence-corrected chi connectivity index (χ3v) is 2.90. The number of H-pyrrole nitrogens is 1. The van der Waals surface area contributed by atoms with Gasteiger partial charge >= 0.3 is 5.69 Å². The number of benzene rings is 1. The zero-order valence-corrected chi connectivity index (χ0v) is 10.9. The molecule has 0 saturated carbocycles. The zero-order chi connectivity index (χ0) is 13.3. The minimum Gasteiger partial charge on any atom is -0.297 e. The van der Waals surface area contributed by atoms with Crippen LogP contribution in [0.5, 0.6) is 0 Å². The molecule has 1 heterocycles. The molecule has 0 saturated heterocycles. The summed E-state index contributed by atoms with van der Waals surface area (Å²) >= 11 is 5.62. The van der Waals surface area contributed by atoms with E-state index >= 15 is 0 Å². The van der Waals surface area contributed by atoms with Crippen molar-refractivity contribution in [3.05, 3.63) is 61.9 Å². The summed E-state index contributed by atoms with van der Waals surface area (Å²) in [4.78, 5) is 26.0.